The predicted octanol–water partition coefficient (Wildman–Crippen LogP) is 4.82. The molecule has 0 atom stereocenters. The molecule has 0 fully saturated rings. The van der Waals surface area contributed by atoms with Crippen LogP contribution in [0.1, 0.15) is 11.1 Å². The maximum absolute atomic E-state index is 13.1. The standard InChI is InChI=1S/C14H10ClF4NO/c15-11-5-8(1-4-13(11)21)7-20-9-2-3-12(16)10(6-9)14(17,18)19/h1-6,20-21H,7H2. The Bertz CT molecular complexity index is 658. The number of nitrogens with one attached hydrogen (secondary N) is 1. The Balaban J connectivity index is 2.15. The normalized spacial score (nSPS) is 11.5. The lowest BCUT2D eigenvalue weighted by atomic mass is 10.1. The minimum atomic E-state index is -4.75. The van der Waals surface area contributed by atoms with Gasteiger partial charge in [0.05, 0.1) is 10.6 Å². The number of anilines is 1. The van der Waals surface area contributed by atoms with E-state index in [0.29, 0.717) is 11.6 Å². The molecule has 2 aromatic rings. The van der Waals surface area contributed by atoms with Gasteiger partial charge in [0, 0.05) is 12.2 Å². The molecule has 0 spiro atoms. The van der Waals surface area contributed by atoms with Crippen LogP contribution in [0.4, 0.5) is 23.2 Å². The van der Waals surface area contributed by atoms with Crippen molar-refractivity contribution < 1.29 is 22.7 Å². The number of rotatable bonds is 3. The zero-order chi connectivity index (χ0) is 15.6. The van der Waals surface area contributed by atoms with Crippen LogP contribution in [0.15, 0.2) is 36.4 Å². The number of alkyl halides is 3. The average Bonchev–Trinajstić information content (AvgIpc) is 2.40. The van der Waals surface area contributed by atoms with E-state index >= 15 is 0 Å². The summed E-state index contributed by atoms with van der Waals surface area (Å²) in [6.45, 7) is 0.183. The van der Waals surface area contributed by atoms with Crippen LogP contribution in [0.5, 0.6) is 5.75 Å². The monoisotopic (exact) mass is 319 g/mol. The van der Waals surface area contributed by atoms with Crippen LogP contribution in [-0.4, -0.2) is 5.11 Å². The summed E-state index contributed by atoms with van der Waals surface area (Å²) in [6.07, 6.45) is -4.75. The van der Waals surface area contributed by atoms with Crippen molar-refractivity contribution in [1.29, 1.82) is 0 Å². The van der Waals surface area contributed by atoms with Crippen molar-refractivity contribution in [2.45, 2.75) is 12.7 Å². The van der Waals surface area contributed by atoms with Gasteiger partial charge in [0.2, 0.25) is 0 Å². The molecule has 21 heavy (non-hydrogen) atoms. The van der Waals surface area contributed by atoms with E-state index in [4.69, 9.17) is 11.6 Å². The zero-order valence-electron chi connectivity index (χ0n) is 10.5. The third-order valence-corrected chi connectivity index (χ3v) is 3.08. The van der Waals surface area contributed by atoms with Crippen LogP contribution in [0, 0.1) is 5.82 Å². The fraction of sp³-hybridized carbons (Fsp3) is 0.143. The highest BCUT2D eigenvalue weighted by Gasteiger charge is 2.34. The van der Waals surface area contributed by atoms with E-state index in [0.717, 1.165) is 6.07 Å². The summed E-state index contributed by atoms with van der Waals surface area (Å²) in [5.41, 5.74) is -0.528. The lowest BCUT2D eigenvalue weighted by molar-refractivity contribution is -0.139. The number of benzene rings is 2. The molecule has 2 aromatic carbocycles. The Labute approximate surface area is 123 Å². The number of phenols is 1. The van der Waals surface area contributed by atoms with Crippen LogP contribution < -0.4 is 5.32 Å². The van der Waals surface area contributed by atoms with Gasteiger partial charge in [-0.05, 0) is 35.9 Å². The Morgan fingerprint density at radius 1 is 1.10 bits per heavy atom. The fourth-order valence-corrected chi connectivity index (χ4v) is 1.92. The van der Waals surface area contributed by atoms with E-state index in [1.807, 2.05) is 0 Å². The van der Waals surface area contributed by atoms with Gasteiger partial charge in [0.1, 0.15) is 11.6 Å². The average molecular weight is 320 g/mol. The van der Waals surface area contributed by atoms with Gasteiger partial charge in [0.25, 0.3) is 0 Å². The van der Waals surface area contributed by atoms with E-state index in [9.17, 15) is 22.7 Å². The van der Waals surface area contributed by atoms with Crippen LogP contribution in [0.25, 0.3) is 0 Å². The highest BCUT2D eigenvalue weighted by atomic mass is 35.5. The largest absolute Gasteiger partial charge is 0.506 e. The molecular weight excluding hydrogens is 310 g/mol. The van der Waals surface area contributed by atoms with Gasteiger partial charge < -0.3 is 10.4 Å². The zero-order valence-corrected chi connectivity index (χ0v) is 11.3. The molecule has 2 nitrogen and oxygen atoms in total. The van der Waals surface area contributed by atoms with E-state index in [2.05, 4.69) is 5.32 Å². The van der Waals surface area contributed by atoms with E-state index < -0.39 is 17.6 Å². The van der Waals surface area contributed by atoms with Crippen molar-refractivity contribution in [1.82, 2.24) is 0 Å². The molecular formula is C14H10ClF4NO. The number of phenolic OH excluding ortho intramolecular Hbond substituents is 1. The maximum Gasteiger partial charge on any atom is 0.419 e. The van der Waals surface area contributed by atoms with Crippen LogP contribution >= 0.6 is 11.6 Å². The molecule has 0 amide bonds. The molecule has 0 heterocycles. The molecule has 0 aromatic heterocycles. The first kappa shape index (κ1) is 15.4. The van der Waals surface area contributed by atoms with Crippen molar-refractivity contribution in [3.05, 3.63) is 58.4 Å². The summed E-state index contributed by atoms with van der Waals surface area (Å²) >= 11 is 5.73. The molecule has 0 unspecified atom stereocenters. The van der Waals surface area contributed by atoms with Crippen LogP contribution in [0.3, 0.4) is 0 Å². The van der Waals surface area contributed by atoms with Gasteiger partial charge in [-0.3, -0.25) is 0 Å². The Hall–Kier alpha value is -1.95. The van der Waals surface area contributed by atoms with Gasteiger partial charge >= 0.3 is 6.18 Å². The lowest BCUT2D eigenvalue weighted by Crippen LogP contribution is -2.09. The third kappa shape index (κ3) is 3.78. The molecule has 0 saturated carbocycles. The smallest absolute Gasteiger partial charge is 0.419 e. The summed E-state index contributed by atoms with van der Waals surface area (Å²) in [5, 5.41) is 12.1. The van der Waals surface area contributed by atoms with Crippen molar-refractivity contribution >= 4 is 17.3 Å². The van der Waals surface area contributed by atoms with Gasteiger partial charge in [-0.25, -0.2) is 4.39 Å². The van der Waals surface area contributed by atoms with Crippen LogP contribution in [0.2, 0.25) is 5.02 Å². The Kier molecular flexibility index (Phi) is 4.27. The fourth-order valence-electron chi connectivity index (χ4n) is 1.72. The van der Waals surface area contributed by atoms with Gasteiger partial charge in [-0.2, -0.15) is 13.2 Å². The molecule has 112 valence electrons. The topological polar surface area (TPSA) is 32.3 Å². The second-order valence-corrected chi connectivity index (χ2v) is 4.74. The van der Waals surface area contributed by atoms with E-state index in [-0.39, 0.29) is 23.0 Å². The van der Waals surface area contributed by atoms with Crippen molar-refractivity contribution in [2.75, 3.05) is 5.32 Å². The lowest BCUT2D eigenvalue weighted by Gasteiger charge is -2.12. The quantitative estimate of drug-likeness (QED) is 0.795. The summed E-state index contributed by atoms with van der Waals surface area (Å²) in [5.74, 6) is -1.40. The molecule has 0 aliphatic heterocycles. The third-order valence-electron chi connectivity index (χ3n) is 2.78. The molecule has 2 rings (SSSR count). The first-order valence-corrected chi connectivity index (χ1v) is 6.23. The van der Waals surface area contributed by atoms with Gasteiger partial charge in [-0.1, -0.05) is 17.7 Å². The van der Waals surface area contributed by atoms with E-state index in [1.165, 1.54) is 18.2 Å². The highest BCUT2D eigenvalue weighted by Crippen LogP contribution is 2.33. The second-order valence-electron chi connectivity index (χ2n) is 4.33. The summed E-state index contributed by atoms with van der Waals surface area (Å²) in [6, 6.07) is 7.12. The SMILES string of the molecule is Oc1ccc(CNc2ccc(F)c(C(F)(F)F)c2)cc1Cl. The number of hydrogen-bond acceptors (Lipinski definition) is 2. The van der Waals surface area contributed by atoms with Crippen LogP contribution in [-0.2, 0) is 12.7 Å². The molecule has 0 saturated heterocycles. The van der Waals surface area contributed by atoms with E-state index in [1.54, 1.807) is 6.07 Å². The van der Waals surface area contributed by atoms with Gasteiger partial charge in [0.15, 0.2) is 0 Å². The molecule has 7 heteroatoms. The second kappa shape index (κ2) is 5.81. The number of aromatic hydroxyl groups is 1. The number of halogens is 5. The summed E-state index contributed by atoms with van der Waals surface area (Å²) < 4.78 is 50.9. The van der Waals surface area contributed by atoms with Crippen molar-refractivity contribution in [3.63, 3.8) is 0 Å². The highest BCUT2D eigenvalue weighted by molar-refractivity contribution is 6.32. The Morgan fingerprint density at radius 3 is 2.43 bits per heavy atom. The molecule has 0 aliphatic rings. The Morgan fingerprint density at radius 2 is 1.81 bits per heavy atom. The minimum Gasteiger partial charge on any atom is -0.506 e. The maximum atomic E-state index is 13.1. The van der Waals surface area contributed by atoms with Gasteiger partial charge in [-0.15, -0.1) is 0 Å². The summed E-state index contributed by atoms with van der Waals surface area (Å²) in [7, 11) is 0. The summed E-state index contributed by atoms with van der Waals surface area (Å²) in [4.78, 5) is 0. The number of hydrogen-bond donors (Lipinski definition) is 2. The first-order valence-electron chi connectivity index (χ1n) is 5.85. The first-order chi connectivity index (χ1) is 9.77. The molecule has 0 radical (unpaired) electrons. The molecule has 2 N–H and O–H groups in total. The minimum absolute atomic E-state index is 0.0819. The van der Waals surface area contributed by atoms with Crippen molar-refractivity contribution in [3.8, 4) is 5.75 Å². The molecule has 0 aliphatic carbocycles. The predicted molar refractivity (Wildman–Crippen MR) is 71.8 cm³/mol. The van der Waals surface area contributed by atoms with Crippen molar-refractivity contribution in [2.24, 2.45) is 0 Å². The molecule has 0 bridgehead atoms.